The van der Waals surface area contributed by atoms with Gasteiger partial charge in [0.1, 0.15) is 17.5 Å². The Morgan fingerprint density at radius 2 is 2.12 bits per heavy atom. The Balaban J connectivity index is 2.04. The Bertz CT molecular complexity index is 636. The van der Waals surface area contributed by atoms with Gasteiger partial charge in [0.05, 0.1) is 31.9 Å². The lowest BCUT2D eigenvalue weighted by Gasteiger charge is -2.50. The molecule has 1 saturated carbocycles. The minimum absolute atomic E-state index is 0.00703. The van der Waals surface area contributed by atoms with Crippen LogP contribution in [0.3, 0.4) is 0 Å². The summed E-state index contributed by atoms with van der Waals surface area (Å²) in [7, 11) is 3.27. The van der Waals surface area contributed by atoms with Crippen LogP contribution in [0.1, 0.15) is 43.7 Å². The zero-order valence-corrected chi connectivity index (χ0v) is 15.1. The first-order valence-corrected chi connectivity index (χ1v) is 9.05. The SMILES string of the molecule is COc1ccc([C@@H]2[C@@H]3CCCC[C@@]3(O)CC[NH+]2CC(N)=O)c(OC)c1. The number of carbonyl (C=O) groups is 1. The van der Waals surface area contributed by atoms with E-state index in [4.69, 9.17) is 15.2 Å². The van der Waals surface area contributed by atoms with Crippen LogP contribution < -0.4 is 20.1 Å². The van der Waals surface area contributed by atoms with Gasteiger partial charge in [-0.05, 0) is 25.0 Å². The van der Waals surface area contributed by atoms with Crippen molar-refractivity contribution in [3.63, 3.8) is 0 Å². The molecule has 3 rings (SSSR count). The highest BCUT2D eigenvalue weighted by atomic mass is 16.5. The predicted molar refractivity (Wildman–Crippen MR) is 93.7 cm³/mol. The van der Waals surface area contributed by atoms with Crippen molar-refractivity contribution in [2.24, 2.45) is 11.7 Å². The Labute approximate surface area is 148 Å². The third-order valence-corrected chi connectivity index (χ3v) is 5.96. The summed E-state index contributed by atoms with van der Waals surface area (Å²) in [6, 6.07) is 5.78. The van der Waals surface area contributed by atoms with E-state index in [1.165, 1.54) is 0 Å². The summed E-state index contributed by atoms with van der Waals surface area (Å²) in [5.74, 6) is 1.26. The first-order chi connectivity index (χ1) is 12.0. The van der Waals surface area contributed by atoms with Crippen molar-refractivity contribution in [2.75, 3.05) is 27.3 Å². The number of carbonyl (C=O) groups excluding carboxylic acids is 1. The molecule has 1 amide bonds. The van der Waals surface area contributed by atoms with E-state index < -0.39 is 5.60 Å². The lowest BCUT2D eigenvalue weighted by molar-refractivity contribution is -0.937. The first-order valence-electron chi connectivity index (χ1n) is 9.05. The number of piperidine rings is 1. The molecule has 1 aromatic rings. The van der Waals surface area contributed by atoms with Gasteiger partial charge in [-0.15, -0.1) is 0 Å². The van der Waals surface area contributed by atoms with E-state index in [2.05, 4.69) is 0 Å². The molecular formula is C19H29N2O4+. The number of ether oxygens (including phenoxy) is 2. The topological polar surface area (TPSA) is 86.2 Å². The van der Waals surface area contributed by atoms with Crippen LogP contribution in [0.25, 0.3) is 0 Å². The predicted octanol–water partition coefficient (Wildman–Crippen LogP) is 0.440. The first kappa shape index (κ1) is 18.0. The van der Waals surface area contributed by atoms with E-state index in [-0.39, 0.29) is 24.4 Å². The summed E-state index contributed by atoms with van der Waals surface area (Å²) < 4.78 is 10.9. The molecule has 0 spiro atoms. The van der Waals surface area contributed by atoms with Crippen molar-refractivity contribution in [2.45, 2.75) is 43.7 Å². The van der Waals surface area contributed by atoms with Gasteiger partial charge in [0.25, 0.3) is 5.91 Å². The van der Waals surface area contributed by atoms with Crippen molar-refractivity contribution < 1.29 is 24.3 Å². The number of fused-ring (bicyclic) bond motifs is 1. The lowest BCUT2D eigenvalue weighted by atomic mass is 9.66. The average Bonchev–Trinajstić information content (AvgIpc) is 2.61. The molecule has 0 radical (unpaired) electrons. The number of methoxy groups -OCH3 is 2. The fourth-order valence-electron chi connectivity index (χ4n) is 4.79. The highest BCUT2D eigenvalue weighted by Gasteiger charge is 2.52. The van der Waals surface area contributed by atoms with E-state index in [0.717, 1.165) is 60.6 Å². The molecule has 2 aliphatic rings. The molecule has 6 nitrogen and oxygen atoms in total. The van der Waals surface area contributed by atoms with Gasteiger partial charge < -0.3 is 25.2 Å². The van der Waals surface area contributed by atoms with Gasteiger partial charge >= 0.3 is 0 Å². The molecule has 1 aromatic carbocycles. The molecule has 25 heavy (non-hydrogen) atoms. The number of likely N-dealkylation sites (tertiary alicyclic amines) is 1. The van der Waals surface area contributed by atoms with E-state index in [9.17, 15) is 9.90 Å². The molecule has 1 aliphatic heterocycles. The molecular weight excluding hydrogens is 320 g/mol. The lowest BCUT2D eigenvalue weighted by Crippen LogP contribution is -3.16. The summed E-state index contributed by atoms with van der Waals surface area (Å²) in [6.07, 6.45) is 4.67. The second-order valence-electron chi connectivity index (χ2n) is 7.34. The second-order valence-corrected chi connectivity index (χ2v) is 7.34. The van der Waals surface area contributed by atoms with Gasteiger partial charge in [-0.2, -0.15) is 0 Å². The van der Waals surface area contributed by atoms with Gasteiger partial charge in [0, 0.05) is 18.4 Å². The molecule has 0 aromatic heterocycles. The normalized spacial score (nSPS) is 31.9. The number of primary amides is 1. The maximum Gasteiger partial charge on any atom is 0.272 e. The molecule has 138 valence electrons. The highest BCUT2D eigenvalue weighted by Crippen LogP contribution is 2.46. The zero-order chi connectivity index (χ0) is 18.0. The number of aliphatic hydroxyl groups is 1. The maximum absolute atomic E-state index is 11.6. The number of benzene rings is 1. The second kappa shape index (κ2) is 7.22. The average molecular weight is 349 g/mol. The number of nitrogens with two attached hydrogens (primary N) is 1. The molecule has 4 N–H and O–H groups in total. The van der Waals surface area contributed by atoms with Crippen molar-refractivity contribution in [3.8, 4) is 11.5 Å². The number of rotatable bonds is 5. The van der Waals surface area contributed by atoms with Crippen molar-refractivity contribution in [1.29, 1.82) is 0 Å². The van der Waals surface area contributed by atoms with Crippen molar-refractivity contribution in [3.05, 3.63) is 23.8 Å². The summed E-state index contributed by atoms with van der Waals surface area (Å²) in [6.45, 7) is 1.00. The van der Waals surface area contributed by atoms with Crippen LogP contribution in [0.15, 0.2) is 18.2 Å². The van der Waals surface area contributed by atoms with Crippen molar-refractivity contribution >= 4 is 5.91 Å². The molecule has 1 unspecified atom stereocenters. The Kier molecular flexibility index (Phi) is 5.20. The van der Waals surface area contributed by atoms with Crippen molar-refractivity contribution in [1.82, 2.24) is 0 Å². The quantitative estimate of drug-likeness (QED) is 0.720. The van der Waals surface area contributed by atoms with Gasteiger partial charge in [-0.25, -0.2) is 0 Å². The molecule has 1 heterocycles. The largest absolute Gasteiger partial charge is 0.497 e. The molecule has 0 bridgehead atoms. The number of quaternary nitrogens is 1. The summed E-state index contributed by atoms with van der Waals surface area (Å²) in [5, 5.41) is 11.2. The fraction of sp³-hybridized carbons (Fsp3) is 0.632. The zero-order valence-electron chi connectivity index (χ0n) is 15.1. The minimum atomic E-state index is -0.658. The summed E-state index contributed by atoms with van der Waals surface area (Å²) >= 11 is 0. The third-order valence-electron chi connectivity index (χ3n) is 5.96. The van der Waals surface area contributed by atoms with Crippen LogP contribution in [0.4, 0.5) is 0 Å². The smallest absolute Gasteiger partial charge is 0.272 e. The van der Waals surface area contributed by atoms with E-state index >= 15 is 0 Å². The Hall–Kier alpha value is -1.79. The fourth-order valence-corrected chi connectivity index (χ4v) is 4.79. The standard InChI is InChI=1S/C19H28N2O4/c1-24-13-6-7-14(16(11-13)25-2)18-15-5-3-4-8-19(15,23)9-10-21(18)12-17(20)22/h6-7,11,15,18,23H,3-5,8-10,12H2,1-2H3,(H2,20,22)/p+1/t15-,18+,19+/m0/s1. The van der Waals surface area contributed by atoms with Crippen LogP contribution in [0.2, 0.25) is 0 Å². The Morgan fingerprint density at radius 1 is 1.32 bits per heavy atom. The molecule has 1 saturated heterocycles. The van der Waals surface area contributed by atoms with E-state index in [0.29, 0.717) is 0 Å². The number of amides is 1. The summed E-state index contributed by atoms with van der Waals surface area (Å²) in [4.78, 5) is 12.7. The van der Waals surface area contributed by atoms with Crippen LogP contribution >= 0.6 is 0 Å². The molecule has 1 aliphatic carbocycles. The van der Waals surface area contributed by atoms with Gasteiger partial charge in [-0.3, -0.25) is 4.79 Å². The Morgan fingerprint density at radius 3 is 2.80 bits per heavy atom. The third kappa shape index (κ3) is 3.46. The number of hydrogen-bond acceptors (Lipinski definition) is 4. The molecule has 2 fully saturated rings. The van der Waals surface area contributed by atoms with Crippen LogP contribution in [0, 0.1) is 5.92 Å². The number of hydrogen-bond donors (Lipinski definition) is 3. The maximum atomic E-state index is 11.6. The molecule has 4 atom stereocenters. The van der Waals surface area contributed by atoms with Crippen LogP contribution in [-0.4, -0.2) is 43.9 Å². The van der Waals surface area contributed by atoms with Gasteiger partial charge in [0.2, 0.25) is 0 Å². The van der Waals surface area contributed by atoms with E-state index in [1.54, 1.807) is 14.2 Å². The van der Waals surface area contributed by atoms with Crippen LogP contribution in [-0.2, 0) is 4.79 Å². The summed E-state index contributed by atoms with van der Waals surface area (Å²) in [5.41, 5.74) is 5.87. The highest BCUT2D eigenvalue weighted by molar-refractivity contribution is 5.74. The van der Waals surface area contributed by atoms with E-state index in [1.807, 2.05) is 18.2 Å². The van der Waals surface area contributed by atoms with Gasteiger partial charge in [-0.1, -0.05) is 12.8 Å². The number of nitrogens with one attached hydrogen (secondary N) is 1. The minimum Gasteiger partial charge on any atom is -0.497 e. The van der Waals surface area contributed by atoms with Gasteiger partial charge in [0.15, 0.2) is 6.54 Å². The van der Waals surface area contributed by atoms with Crippen LogP contribution in [0.5, 0.6) is 11.5 Å². The molecule has 6 heteroatoms. The monoisotopic (exact) mass is 349 g/mol.